The first kappa shape index (κ1) is 48.2. The van der Waals surface area contributed by atoms with Crippen LogP contribution in [0.5, 0.6) is 0 Å². The maximum absolute atomic E-state index is 11.8. The van der Waals surface area contributed by atoms with Gasteiger partial charge in [-0.3, -0.25) is 9.13 Å². The second kappa shape index (κ2) is 31.4. The van der Waals surface area contributed by atoms with Crippen molar-refractivity contribution in [1.29, 1.82) is 0 Å². The van der Waals surface area contributed by atoms with Crippen molar-refractivity contribution in [2.45, 2.75) is 183 Å². The summed E-state index contributed by atoms with van der Waals surface area (Å²) in [6.45, 7) is 16.8. The van der Waals surface area contributed by atoms with Crippen LogP contribution in [0.15, 0.2) is 0 Å². The van der Waals surface area contributed by atoms with Crippen molar-refractivity contribution >= 4 is 15.6 Å². The van der Waals surface area contributed by atoms with Gasteiger partial charge in [0.1, 0.15) is 0 Å². The molecule has 0 amide bonds. The fourth-order valence-electron chi connectivity index (χ4n) is 4.51. The topological polar surface area (TPSA) is 117 Å². The first-order valence-electron chi connectivity index (χ1n) is 17.2. The predicted molar refractivity (Wildman–Crippen MR) is 172 cm³/mol. The van der Waals surface area contributed by atoms with Crippen LogP contribution < -0.4 is 9.79 Å². The van der Waals surface area contributed by atoms with E-state index in [1.165, 1.54) is 25.7 Å². The van der Waals surface area contributed by atoms with Crippen molar-refractivity contribution in [2.24, 2.45) is 11.8 Å². The molecule has 0 aromatic rings. The molecule has 6 atom stereocenters. The normalized spacial score (nSPS) is 17.0. The van der Waals surface area contributed by atoms with E-state index in [1.807, 2.05) is 0 Å². The molecule has 0 saturated carbocycles. The smallest absolute Gasteiger partial charge is 0.756 e. The number of phosphoric acid groups is 2. The Labute approximate surface area is 277 Å². The number of hydrogen-bond acceptors (Lipinski definition) is 8. The van der Waals surface area contributed by atoms with E-state index in [-0.39, 0.29) is 42.8 Å². The van der Waals surface area contributed by atoms with Gasteiger partial charge in [0.15, 0.2) is 0 Å². The van der Waals surface area contributed by atoms with Crippen molar-refractivity contribution in [3.05, 3.63) is 0 Å². The summed E-state index contributed by atoms with van der Waals surface area (Å²) in [5.74, 6) is 0.603. The monoisotopic (exact) mass is 694 g/mol. The summed E-state index contributed by atoms with van der Waals surface area (Å²) in [4.78, 5) is 23.6. The van der Waals surface area contributed by atoms with E-state index < -0.39 is 15.6 Å². The van der Waals surface area contributed by atoms with Crippen LogP contribution in [-0.4, -0.2) is 25.4 Å². The largest absolute Gasteiger partial charge is 2.00 e. The third kappa shape index (κ3) is 32.5. The first-order valence-corrected chi connectivity index (χ1v) is 20.1. The van der Waals surface area contributed by atoms with Gasteiger partial charge in [0, 0.05) is 0 Å². The van der Waals surface area contributed by atoms with Gasteiger partial charge in [0.2, 0.25) is 0 Å². The van der Waals surface area contributed by atoms with E-state index in [1.54, 1.807) is 13.8 Å². The summed E-state index contributed by atoms with van der Waals surface area (Å²) >= 11 is 0. The quantitative estimate of drug-likeness (QED) is 0.0587. The molecule has 0 spiro atoms. The van der Waals surface area contributed by atoms with E-state index in [4.69, 9.17) is 18.1 Å². The molecule has 0 fully saturated rings. The molecular formula is C32H68CrO8P2. The summed E-state index contributed by atoms with van der Waals surface area (Å²) in [5.41, 5.74) is 0. The Kier molecular flexibility index (Phi) is 35.1. The van der Waals surface area contributed by atoms with Crippen LogP contribution in [0.3, 0.4) is 0 Å². The van der Waals surface area contributed by atoms with E-state index in [9.17, 15) is 18.9 Å². The minimum Gasteiger partial charge on any atom is -0.756 e. The molecule has 0 aliphatic carbocycles. The molecule has 0 aromatic heterocycles. The van der Waals surface area contributed by atoms with E-state index >= 15 is 0 Å². The van der Waals surface area contributed by atoms with Gasteiger partial charge in [-0.15, -0.1) is 0 Å². The van der Waals surface area contributed by atoms with Gasteiger partial charge in [0.05, 0.1) is 25.4 Å². The zero-order valence-electron chi connectivity index (χ0n) is 29.0. The minimum absolute atomic E-state index is 0. The van der Waals surface area contributed by atoms with Gasteiger partial charge in [-0.2, -0.15) is 0 Å². The van der Waals surface area contributed by atoms with Crippen molar-refractivity contribution in [3.8, 4) is 0 Å². The van der Waals surface area contributed by atoms with Crippen LogP contribution in [0, 0.1) is 11.8 Å². The summed E-state index contributed by atoms with van der Waals surface area (Å²) in [5, 5.41) is 0. The van der Waals surface area contributed by atoms with Crippen LogP contribution >= 0.6 is 15.6 Å². The predicted octanol–water partition coefficient (Wildman–Crippen LogP) is 10.1. The molecule has 11 heteroatoms. The molecule has 0 rings (SSSR count). The molecule has 0 aliphatic heterocycles. The summed E-state index contributed by atoms with van der Waals surface area (Å²) in [6, 6.07) is 0. The fourth-order valence-corrected chi connectivity index (χ4v) is 6.51. The SMILES string of the molecule is CCCCCCC(C)OP(=O)([O-])OCC(CC)CCCC.CCCCCCC(C)OP(=O)([O-])OCC(CC)CCCC.[Cr+2]. The molecule has 0 heterocycles. The van der Waals surface area contributed by atoms with Gasteiger partial charge < -0.3 is 27.9 Å². The van der Waals surface area contributed by atoms with Gasteiger partial charge in [-0.25, -0.2) is 0 Å². The Hall–Kier alpha value is 0.752. The van der Waals surface area contributed by atoms with Crippen LogP contribution in [0.1, 0.15) is 171 Å². The molecule has 260 valence electrons. The van der Waals surface area contributed by atoms with Gasteiger partial charge in [-0.05, 0) is 51.4 Å². The summed E-state index contributed by atoms with van der Waals surface area (Å²) < 4.78 is 43.9. The standard InChI is InChI=1S/2C16H35O4P.Cr/c2*1-5-8-10-11-12-15(4)20-21(17,18)19-14-16(7-3)13-9-6-2;/h2*15-16H,5-14H2,1-4H3,(H,17,18);/q;;+2/p-2. The van der Waals surface area contributed by atoms with Crippen LogP contribution in [0.2, 0.25) is 0 Å². The molecule has 0 bridgehead atoms. The zero-order valence-corrected chi connectivity index (χ0v) is 32.1. The summed E-state index contributed by atoms with van der Waals surface area (Å²) in [6.07, 6.45) is 18.3. The van der Waals surface area contributed by atoms with Crippen molar-refractivity contribution < 1.29 is 54.4 Å². The third-order valence-corrected chi connectivity index (χ3v) is 9.74. The second-order valence-corrected chi connectivity index (χ2v) is 14.6. The molecule has 0 aliphatic rings. The van der Waals surface area contributed by atoms with E-state index in [0.29, 0.717) is 11.8 Å². The van der Waals surface area contributed by atoms with E-state index in [2.05, 4.69) is 41.5 Å². The average molecular weight is 695 g/mol. The van der Waals surface area contributed by atoms with E-state index in [0.717, 1.165) is 89.9 Å². The minimum atomic E-state index is -4.15. The molecule has 0 saturated heterocycles. The van der Waals surface area contributed by atoms with Crippen LogP contribution in [-0.2, 0) is 44.6 Å². The summed E-state index contributed by atoms with van der Waals surface area (Å²) in [7, 11) is -8.31. The number of unbranched alkanes of at least 4 members (excludes halogenated alkanes) is 8. The Bertz CT molecular complexity index is 630. The average Bonchev–Trinajstić information content (AvgIpc) is 2.93. The van der Waals surface area contributed by atoms with Gasteiger partial charge in [0.25, 0.3) is 15.6 Å². The number of phosphoric ester groups is 2. The fraction of sp³-hybridized carbons (Fsp3) is 1.00. The first-order chi connectivity index (χ1) is 19.9. The Morgan fingerprint density at radius 3 is 1.12 bits per heavy atom. The number of hydrogen-bond donors (Lipinski definition) is 0. The van der Waals surface area contributed by atoms with Crippen LogP contribution in [0.4, 0.5) is 0 Å². The maximum Gasteiger partial charge on any atom is 2.00 e. The van der Waals surface area contributed by atoms with Crippen molar-refractivity contribution in [3.63, 3.8) is 0 Å². The molecule has 43 heavy (non-hydrogen) atoms. The Morgan fingerprint density at radius 1 is 0.512 bits per heavy atom. The second-order valence-electron chi connectivity index (χ2n) is 11.8. The van der Waals surface area contributed by atoms with Crippen molar-refractivity contribution in [2.75, 3.05) is 13.2 Å². The Balaban J connectivity index is -0.000000727. The zero-order chi connectivity index (χ0) is 32.3. The Morgan fingerprint density at radius 2 is 0.837 bits per heavy atom. The molecular weight excluding hydrogens is 626 g/mol. The third-order valence-electron chi connectivity index (χ3n) is 7.57. The van der Waals surface area contributed by atoms with Gasteiger partial charge in [-0.1, -0.05) is 131 Å². The molecule has 6 unspecified atom stereocenters. The maximum atomic E-state index is 11.8. The van der Waals surface area contributed by atoms with Crippen molar-refractivity contribution in [1.82, 2.24) is 0 Å². The number of rotatable bonds is 28. The van der Waals surface area contributed by atoms with Gasteiger partial charge >= 0.3 is 17.4 Å². The van der Waals surface area contributed by atoms with Crippen LogP contribution in [0.25, 0.3) is 0 Å². The molecule has 0 N–H and O–H groups in total. The molecule has 0 aromatic carbocycles. The molecule has 0 radical (unpaired) electrons. The molecule has 8 nitrogen and oxygen atoms in total.